The number of nitrogens with one attached hydrogen (secondary N) is 1. The van der Waals surface area contributed by atoms with Gasteiger partial charge in [0.05, 0.1) is 4.92 Å². The Balaban J connectivity index is 2.31. The summed E-state index contributed by atoms with van der Waals surface area (Å²) in [6, 6.07) is 5.63. The highest BCUT2D eigenvalue weighted by atomic mass is 35.5. The minimum absolute atomic E-state index is 0.0312. The van der Waals surface area contributed by atoms with Crippen LogP contribution in [-0.4, -0.2) is 21.4 Å². The molecule has 0 saturated carbocycles. The van der Waals surface area contributed by atoms with Gasteiger partial charge in [0.1, 0.15) is 12.1 Å². The summed E-state index contributed by atoms with van der Waals surface area (Å²) in [5, 5.41) is 14.3. The Labute approximate surface area is 119 Å². The summed E-state index contributed by atoms with van der Waals surface area (Å²) in [6.07, 6.45) is 1.31. The van der Waals surface area contributed by atoms with Crippen molar-refractivity contribution in [3.8, 4) is 11.6 Å². The highest BCUT2D eigenvalue weighted by Gasteiger charge is 2.16. The number of hydrogen-bond donors (Lipinski definition) is 1. The van der Waals surface area contributed by atoms with Gasteiger partial charge in [0.25, 0.3) is 0 Å². The van der Waals surface area contributed by atoms with Gasteiger partial charge in [0.15, 0.2) is 0 Å². The second-order valence-electron chi connectivity index (χ2n) is 3.74. The van der Waals surface area contributed by atoms with Gasteiger partial charge in [-0.25, -0.2) is 9.97 Å². The quantitative estimate of drug-likeness (QED) is 0.672. The molecular weight excluding hydrogens is 284 g/mol. The minimum Gasteiger partial charge on any atom is -0.432 e. The van der Waals surface area contributed by atoms with E-state index >= 15 is 0 Å². The summed E-state index contributed by atoms with van der Waals surface area (Å²) in [7, 11) is 0. The van der Waals surface area contributed by atoms with Crippen molar-refractivity contribution in [2.75, 3.05) is 11.9 Å². The Kier molecular flexibility index (Phi) is 4.31. The molecular formula is C12H11ClN4O3. The molecule has 0 radical (unpaired) electrons. The highest BCUT2D eigenvalue weighted by Crippen LogP contribution is 2.33. The molecule has 1 N–H and O–H groups in total. The van der Waals surface area contributed by atoms with Gasteiger partial charge in [-0.15, -0.1) is 0 Å². The molecule has 0 atom stereocenters. The average molecular weight is 295 g/mol. The van der Waals surface area contributed by atoms with E-state index in [1.165, 1.54) is 24.5 Å². The van der Waals surface area contributed by atoms with Gasteiger partial charge in [-0.3, -0.25) is 10.1 Å². The van der Waals surface area contributed by atoms with E-state index in [0.29, 0.717) is 17.4 Å². The third kappa shape index (κ3) is 3.33. The van der Waals surface area contributed by atoms with Crippen LogP contribution in [0.15, 0.2) is 30.6 Å². The number of anilines is 1. The van der Waals surface area contributed by atoms with Gasteiger partial charge >= 0.3 is 5.69 Å². The van der Waals surface area contributed by atoms with Crippen molar-refractivity contribution in [3.63, 3.8) is 0 Å². The largest absolute Gasteiger partial charge is 0.432 e. The Morgan fingerprint density at radius 3 is 2.90 bits per heavy atom. The molecule has 104 valence electrons. The van der Waals surface area contributed by atoms with Crippen LogP contribution < -0.4 is 10.1 Å². The van der Waals surface area contributed by atoms with Crippen molar-refractivity contribution >= 4 is 23.1 Å². The van der Waals surface area contributed by atoms with Crippen LogP contribution in [0.1, 0.15) is 6.92 Å². The number of benzene rings is 1. The number of ether oxygens (including phenoxy) is 1. The van der Waals surface area contributed by atoms with Crippen LogP contribution in [0.3, 0.4) is 0 Å². The molecule has 20 heavy (non-hydrogen) atoms. The number of aromatic nitrogens is 2. The summed E-state index contributed by atoms with van der Waals surface area (Å²) in [6.45, 7) is 2.61. The van der Waals surface area contributed by atoms with Gasteiger partial charge in [-0.05, 0) is 13.0 Å². The number of halogens is 1. The first-order valence-electron chi connectivity index (χ1n) is 5.78. The maximum absolute atomic E-state index is 10.9. The Bertz CT molecular complexity index is 636. The highest BCUT2D eigenvalue weighted by molar-refractivity contribution is 6.30. The lowest BCUT2D eigenvalue weighted by Crippen LogP contribution is -2.00. The molecule has 7 nitrogen and oxygen atoms in total. The monoisotopic (exact) mass is 294 g/mol. The molecule has 0 amide bonds. The molecule has 8 heteroatoms. The van der Waals surface area contributed by atoms with E-state index in [9.17, 15) is 10.1 Å². The van der Waals surface area contributed by atoms with Crippen LogP contribution in [0.4, 0.5) is 11.5 Å². The molecule has 0 fully saturated rings. The summed E-state index contributed by atoms with van der Waals surface area (Å²) in [5.41, 5.74) is -0.182. The van der Waals surface area contributed by atoms with Crippen LogP contribution in [-0.2, 0) is 0 Å². The lowest BCUT2D eigenvalue weighted by molar-refractivity contribution is -0.385. The van der Waals surface area contributed by atoms with Crippen LogP contribution >= 0.6 is 11.6 Å². The molecule has 2 aromatic rings. The van der Waals surface area contributed by atoms with Crippen LogP contribution in [0.25, 0.3) is 0 Å². The van der Waals surface area contributed by atoms with E-state index in [-0.39, 0.29) is 17.3 Å². The van der Waals surface area contributed by atoms with E-state index in [1.54, 1.807) is 6.07 Å². The molecule has 0 spiro atoms. The second kappa shape index (κ2) is 6.16. The van der Waals surface area contributed by atoms with Crippen LogP contribution in [0.5, 0.6) is 11.6 Å². The molecule has 0 bridgehead atoms. The van der Waals surface area contributed by atoms with Crippen molar-refractivity contribution < 1.29 is 9.66 Å². The first kappa shape index (κ1) is 14.0. The third-order valence-corrected chi connectivity index (χ3v) is 2.57. The van der Waals surface area contributed by atoms with Crippen molar-refractivity contribution in [1.29, 1.82) is 0 Å². The molecule has 0 aliphatic carbocycles. The molecule has 1 aromatic heterocycles. The van der Waals surface area contributed by atoms with Crippen molar-refractivity contribution in [2.24, 2.45) is 0 Å². The fourth-order valence-electron chi connectivity index (χ4n) is 1.51. The zero-order chi connectivity index (χ0) is 14.5. The van der Waals surface area contributed by atoms with Gasteiger partial charge in [-0.1, -0.05) is 11.6 Å². The van der Waals surface area contributed by atoms with E-state index in [2.05, 4.69) is 15.3 Å². The van der Waals surface area contributed by atoms with Gasteiger partial charge in [0.2, 0.25) is 11.6 Å². The molecule has 0 aliphatic rings. The van der Waals surface area contributed by atoms with Crippen molar-refractivity contribution in [2.45, 2.75) is 6.92 Å². The van der Waals surface area contributed by atoms with E-state index in [4.69, 9.17) is 16.3 Å². The first-order chi connectivity index (χ1) is 9.60. The molecule has 0 unspecified atom stereocenters. The third-order valence-electron chi connectivity index (χ3n) is 2.33. The Morgan fingerprint density at radius 1 is 1.40 bits per heavy atom. The Hall–Kier alpha value is -2.41. The fourth-order valence-corrected chi connectivity index (χ4v) is 1.67. The smallest absolute Gasteiger partial charge is 0.311 e. The van der Waals surface area contributed by atoms with Crippen LogP contribution in [0.2, 0.25) is 5.02 Å². The van der Waals surface area contributed by atoms with Crippen molar-refractivity contribution in [1.82, 2.24) is 9.97 Å². The number of nitro groups is 1. The standard InChI is InChI=1S/C12H11ClN4O3/c1-2-14-11-6-12(16-7-15-11)20-10-5-8(13)3-4-9(10)17(18)19/h3-7H,2H2,1H3,(H,14,15,16). The predicted octanol–water partition coefficient (Wildman–Crippen LogP) is 3.26. The summed E-state index contributed by atoms with van der Waals surface area (Å²) < 4.78 is 5.42. The van der Waals surface area contributed by atoms with E-state index < -0.39 is 4.92 Å². The van der Waals surface area contributed by atoms with Gasteiger partial charge in [0, 0.05) is 29.8 Å². The molecule has 2 rings (SSSR count). The Morgan fingerprint density at radius 2 is 2.20 bits per heavy atom. The number of nitrogens with zero attached hydrogens (tertiary/aromatic N) is 3. The molecule has 0 aliphatic heterocycles. The topological polar surface area (TPSA) is 90.2 Å². The zero-order valence-corrected chi connectivity index (χ0v) is 11.3. The fraction of sp³-hybridized carbons (Fsp3) is 0.167. The zero-order valence-electron chi connectivity index (χ0n) is 10.5. The minimum atomic E-state index is -0.544. The van der Waals surface area contributed by atoms with E-state index in [1.807, 2.05) is 6.92 Å². The van der Waals surface area contributed by atoms with Gasteiger partial charge in [-0.2, -0.15) is 0 Å². The van der Waals surface area contributed by atoms with E-state index in [0.717, 1.165) is 0 Å². The first-order valence-corrected chi connectivity index (χ1v) is 6.15. The SMILES string of the molecule is CCNc1cc(Oc2cc(Cl)ccc2[N+](=O)[O-])ncn1. The lowest BCUT2D eigenvalue weighted by atomic mass is 10.3. The predicted molar refractivity (Wildman–Crippen MR) is 74.4 cm³/mol. The van der Waals surface area contributed by atoms with Crippen molar-refractivity contribution in [3.05, 3.63) is 45.7 Å². The van der Waals surface area contributed by atoms with Gasteiger partial charge < -0.3 is 10.1 Å². The summed E-state index contributed by atoms with van der Waals surface area (Å²) in [5.74, 6) is 0.798. The normalized spacial score (nSPS) is 10.1. The summed E-state index contributed by atoms with van der Waals surface area (Å²) >= 11 is 5.82. The number of rotatable bonds is 5. The molecule has 1 heterocycles. The molecule has 0 saturated heterocycles. The lowest BCUT2D eigenvalue weighted by Gasteiger charge is -2.07. The van der Waals surface area contributed by atoms with Crippen LogP contribution in [0, 0.1) is 10.1 Å². The maximum atomic E-state index is 10.9. The average Bonchev–Trinajstić information content (AvgIpc) is 2.39. The second-order valence-corrected chi connectivity index (χ2v) is 4.18. The maximum Gasteiger partial charge on any atom is 0.311 e. The number of nitro benzene ring substituents is 1. The molecule has 1 aromatic carbocycles. The number of hydrogen-bond acceptors (Lipinski definition) is 6. The summed E-state index contributed by atoms with van der Waals surface area (Å²) in [4.78, 5) is 18.3.